The summed E-state index contributed by atoms with van der Waals surface area (Å²) in [5.74, 6) is 1.83. The van der Waals surface area contributed by atoms with E-state index in [2.05, 4.69) is 34.6 Å². The first-order chi connectivity index (χ1) is 15.2. The quantitative estimate of drug-likeness (QED) is 0.275. The molecular formula is C23H38IN5O3. The van der Waals surface area contributed by atoms with Crippen LogP contribution >= 0.6 is 24.0 Å². The molecule has 2 aliphatic heterocycles. The topological polar surface area (TPSA) is 78.4 Å². The maximum Gasteiger partial charge on any atom is 0.224 e. The highest BCUT2D eigenvalue weighted by molar-refractivity contribution is 14.0. The fraction of sp³-hybridized carbons (Fsp3) is 0.652. The molecule has 2 fully saturated rings. The van der Waals surface area contributed by atoms with E-state index < -0.39 is 0 Å². The normalized spacial score (nSPS) is 18.1. The molecule has 1 unspecified atom stereocenters. The van der Waals surface area contributed by atoms with Crippen molar-refractivity contribution in [2.24, 2.45) is 4.99 Å². The zero-order valence-electron chi connectivity index (χ0n) is 19.3. The van der Waals surface area contributed by atoms with Crippen LogP contribution in [0.1, 0.15) is 37.8 Å². The van der Waals surface area contributed by atoms with Crippen LogP contribution in [-0.4, -0.2) is 87.8 Å². The number of halogens is 1. The average Bonchev–Trinajstić information content (AvgIpc) is 3.35. The molecule has 2 saturated heterocycles. The van der Waals surface area contributed by atoms with Crippen LogP contribution in [-0.2, 0) is 9.53 Å². The predicted octanol–water partition coefficient (Wildman–Crippen LogP) is 2.25. The molecule has 9 heteroatoms. The number of nitrogens with one attached hydrogen (secondary N) is 2. The number of nitrogens with zero attached hydrogens (tertiary/aromatic N) is 3. The van der Waals surface area contributed by atoms with Gasteiger partial charge >= 0.3 is 0 Å². The van der Waals surface area contributed by atoms with Gasteiger partial charge < -0.3 is 25.0 Å². The molecule has 1 aromatic rings. The van der Waals surface area contributed by atoms with E-state index in [0.29, 0.717) is 19.5 Å². The number of benzene rings is 1. The molecule has 0 spiro atoms. The second-order valence-electron chi connectivity index (χ2n) is 7.92. The molecule has 2 N–H and O–H groups in total. The molecule has 1 atom stereocenters. The predicted molar refractivity (Wildman–Crippen MR) is 138 cm³/mol. The van der Waals surface area contributed by atoms with Crippen molar-refractivity contribution in [1.29, 1.82) is 0 Å². The molecular weight excluding hydrogens is 521 g/mol. The number of hydrogen-bond acceptors (Lipinski definition) is 5. The Labute approximate surface area is 209 Å². The maximum absolute atomic E-state index is 12.3. The summed E-state index contributed by atoms with van der Waals surface area (Å²) in [5, 5.41) is 6.64. The number of carbonyl (C=O) groups excluding carboxylic acids is 1. The SMILES string of the molecule is CCNC(=NCC(c1ccc(OC)cc1)N1CCOCC1)NCCC(=O)N1CCCC1.I. The number of amides is 1. The third-order valence-corrected chi connectivity index (χ3v) is 5.84. The van der Waals surface area contributed by atoms with Gasteiger partial charge in [-0.15, -0.1) is 24.0 Å². The molecule has 3 rings (SSSR count). The summed E-state index contributed by atoms with van der Waals surface area (Å²) in [6.07, 6.45) is 2.74. The lowest BCUT2D eigenvalue weighted by molar-refractivity contribution is -0.129. The Balaban J connectivity index is 0.00000363. The molecule has 2 heterocycles. The summed E-state index contributed by atoms with van der Waals surface area (Å²) in [4.78, 5) is 21.5. The van der Waals surface area contributed by atoms with E-state index in [0.717, 1.165) is 70.5 Å². The number of methoxy groups -OCH3 is 1. The van der Waals surface area contributed by atoms with E-state index in [9.17, 15) is 4.79 Å². The molecule has 0 saturated carbocycles. The minimum atomic E-state index is 0. The second kappa shape index (κ2) is 14.5. The minimum absolute atomic E-state index is 0. The summed E-state index contributed by atoms with van der Waals surface area (Å²) in [6, 6.07) is 8.39. The molecule has 0 aromatic heterocycles. The molecule has 0 radical (unpaired) electrons. The van der Waals surface area contributed by atoms with Crippen LogP contribution in [0.2, 0.25) is 0 Å². The number of rotatable bonds is 9. The number of carbonyl (C=O) groups is 1. The van der Waals surface area contributed by atoms with Crippen LogP contribution in [0, 0.1) is 0 Å². The molecule has 1 amide bonds. The van der Waals surface area contributed by atoms with E-state index >= 15 is 0 Å². The van der Waals surface area contributed by atoms with E-state index in [1.165, 1.54) is 5.56 Å². The summed E-state index contributed by atoms with van der Waals surface area (Å²) < 4.78 is 10.9. The first-order valence-corrected chi connectivity index (χ1v) is 11.5. The number of ether oxygens (including phenoxy) is 2. The van der Waals surface area contributed by atoms with Gasteiger partial charge in [-0.05, 0) is 37.5 Å². The number of guanidine groups is 1. The third-order valence-electron chi connectivity index (χ3n) is 5.84. The first kappa shape index (κ1) is 26.7. The van der Waals surface area contributed by atoms with Crippen LogP contribution in [0.25, 0.3) is 0 Å². The Morgan fingerprint density at radius 3 is 2.44 bits per heavy atom. The maximum atomic E-state index is 12.3. The lowest BCUT2D eigenvalue weighted by Crippen LogP contribution is -2.42. The number of likely N-dealkylation sites (tertiary alicyclic amines) is 1. The molecule has 2 aliphatic rings. The van der Waals surface area contributed by atoms with E-state index in [-0.39, 0.29) is 35.9 Å². The van der Waals surface area contributed by atoms with Crippen molar-refractivity contribution >= 4 is 35.8 Å². The zero-order valence-corrected chi connectivity index (χ0v) is 21.7. The Morgan fingerprint density at radius 1 is 1.12 bits per heavy atom. The highest BCUT2D eigenvalue weighted by atomic mass is 127. The Hall–Kier alpha value is -1.59. The van der Waals surface area contributed by atoms with Gasteiger partial charge in [-0.2, -0.15) is 0 Å². The van der Waals surface area contributed by atoms with E-state index in [1.807, 2.05) is 17.0 Å². The minimum Gasteiger partial charge on any atom is -0.497 e. The van der Waals surface area contributed by atoms with Gasteiger partial charge in [0.1, 0.15) is 5.75 Å². The van der Waals surface area contributed by atoms with Crippen molar-refractivity contribution < 1.29 is 14.3 Å². The molecule has 180 valence electrons. The standard InChI is InChI=1S/C23H37N5O3.HI/c1-3-24-23(25-11-10-22(29)28-12-4-5-13-28)26-18-21(27-14-16-31-17-15-27)19-6-8-20(30-2)9-7-19;/h6-9,21H,3-5,10-18H2,1-2H3,(H2,24,25,26);1H. The van der Waals surface area contributed by atoms with Gasteiger partial charge in [-0.3, -0.25) is 14.7 Å². The van der Waals surface area contributed by atoms with Crippen molar-refractivity contribution in [3.8, 4) is 5.75 Å². The van der Waals surface area contributed by atoms with Gasteiger partial charge in [0.15, 0.2) is 5.96 Å². The van der Waals surface area contributed by atoms with Crippen molar-refractivity contribution in [2.75, 3.05) is 66.1 Å². The van der Waals surface area contributed by atoms with Gasteiger partial charge in [0, 0.05) is 45.7 Å². The van der Waals surface area contributed by atoms with Gasteiger partial charge in [-0.1, -0.05) is 12.1 Å². The van der Waals surface area contributed by atoms with Gasteiger partial charge in [0.2, 0.25) is 5.91 Å². The fourth-order valence-corrected chi connectivity index (χ4v) is 4.08. The van der Waals surface area contributed by atoms with Crippen LogP contribution in [0.5, 0.6) is 5.75 Å². The van der Waals surface area contributed by atoms with Crippen molar-refractivity contribution in [3.63, 3.8) is 0 Å². The third kappa shape index (κ3) is 8.08. The van der Waals surface area contributed by atoms with Crippen molar-refractivity contribution in [3.05, 3.63) is 29.8 Å². The van der Waals surface area contributed by atoms with Gasteiger partial charge in [0.25, 0.3) is 0 Å². The van der Waals surface area contributed by atoms with Gasteiger partial charge in [0.05, 0.1) is 32.9 Å². The smallest absolute Gasteiger partial charge is 0.224 e. The second-order valence-corrected chi connectivity index (χ2v) is 7.92. The molecule has 32 heavy (non-hydrogen) atoms. The summed E-state index contributed by atoms with van der Waals surface area (Å²) in [6.45, 7) is 9.10. The van der Waals surface area contributed by atoms with Crippen LogP contribution in [0.3, 0.4) is 0 Å². The zero-order chi connectivity index (χ0) is 21.9. The number of morpholine rings is 1. The monoisotopic (exact) mass is 559 g/mol. The Morgan fingerprint density at radius 2 is 1.81 bits per heavy atom. The molecule has 8 nitrogen and oxygen atoms in total. The summed E-state index contributed by atoms with van der Waals surface area (Å²) in [7, 11) is 1.68. The molecule has 0 bridgehead atoms. The van der Waals surface area contributed by atoms with E-state index in [1.54, 1.807) is 7.11 Å². The van der Waals surface area contributed by atoms with Crippen molar-refractivity contribution in [1.82, 2.24) is 20.4 Å². The van der Waals surface area contributed by atoms with E-state index in [4.69, 9.17) is 14.5 Å². The van der Waals surface area contributed by atoms with Crippen molar-refractivity contribution in [2.45, 2.75) is 32.2 Å². The van der Waals surface area contributed by atoms with Crippen LogP contribution in [0.15, 0.2) is 29.3 Å². The number of hydrogen-bond donors (Lipinski definition) is 2. The summed E-state index contributed by atoms with van der Waals surface area (Å²) >= 11 is 0. The van der Waals surface area contributed by atoms with Crippen LogP contribution in [0.4, 0.5) is 0 Å². The lowest BCUT2D eigenvalue weighted by Gasteiger charge is -2.34. The fourth-order valence-electron chi connectivity index (χ4n) is 4.08. The lowest BCUT2D eigenvalue weighted by atomic mass is 10.0. The first-order valence-electron chi connectivity index (χ1n) is 11.5. The largest absolute Gasteiger partial charge is 0.497 e. The number of aliphatic imine (C=N–C) groups is 1. The van der Waals surface area contributed by atoms with Crippen LogP contribution < -0.4 is 15.4 Å². The summed E-state index contributed by atoms with van der Waals surface area (Å²) in [5.41, 5.74) is 1.21. The Kier molecular flexibility index (Phi) is 12.1. The molecule has 1 aromatic carbocycles. The van der Waals surface area contributed by atoms with Gasteiger partial charge in [-0.25, -0.2) is 0 Å². The highest BCUT2D eigenvalue weighted by Gasteiger charge is 2.23. The molecule has 0 aliphatic carbocycles. The average molecular weight is 559 g/mol. The Bertz CT molecular complexity index is 704. The highest BCUT2D eigenvalue weighted by Crippen LogP contribution is 2.24.